The van der Waals surface area contributed by atoms with E-state index in [1.54, 1.807) is 12.1 Å². The standard InChI is InChI=1S/C18H20FN3O5S/c1-28(25,26)17-4-2-3-15(18(17)22(23)24)20-12-13-5-6-16(14(19)11-13)21-7-9-27-10-8-21/h2-6,11,20H,7-10,12H2,1H3. The Labute approximate surface area is 162 Å². The summed E-state index contributed by atoms with van der Waals surface area (Å²) in [5, 5.41) is 14.2. The molecule has 1 fully saturated rings. The van der Waals surface area contributed by atoms with Gasteiger partial charge in [0.2, 0.25) is 0 Å². The predicted octanol–water partition coefficient (Wildman–Crippen LogP) is 2.59. The molecule has 0 aromatic heterocycles. The Morgan fingerprint density at radius 2 is 1.96 bits per heavy atom. The second-order valence-electron chi connectivity index (χ2n) is 6.42. The summed E-state index contributed by atoms with van der Waals surface area (Å²) in [5.74, 6) is -0.388. The van der Waals surface area contributed by atoms with Gasteiger partial charge in [0.05, 0.1) is 23.8 Å². The third kappa shape index (κ3) is 4.39. The highest BCUT2D eigenvalue weighted by Crippen LogP contribution is 2.32. The van der Waals surface area contributed by atoms with Crippen molar-refractivity contribution < 1.29 is 22.5 Å². The summed E-state index contributed by atoms with van der Waals surface area (Å²) in [5.41, 5.74) is 0.603. The number of nitrogens with one attached hydrogen (secondary N) is 1. The molecule has 0 saturated carbocycles. The minimum atomic E-state index is -3.77. The molecule has 3 rings (SSSR count). The summed E-state index contributed by atoms with van der Waals surface area (Å²) in [6.45, 7) is 2.42. The number of nitro benzene ring substituents is 1. The van der Waals surface area contributed by atoms with Crippen LogP contribution in [0, 0.1) is 15.9 Å². The number of benzene rings is 2. The van der Waals surface area contributed by atoms with Gasteiger partial charge in [0.1, 0.15) is 16.4 Å². The van der Waals surface area contributed by atoms with Gasteiger partial charge in [-0.2, -0.15) is 0 Å². The second-order valence-corrected chi connectivity index (χ2v) is 8.40. The van der Waals surface area contributed by atoms with Crippen molar-refractivity contribution in [3.8, 4) is 0 Å². The fraction of sp³-hybridized carbons (Fsp3) is 0.333. The highest BCUT2D eigenvalue weighted by Gasteiger charge is 2.26. The fourth-order valence-electron chi connectivity index (χ4n) is 3.07. The molecular formula is C18H20FN3O5S. The third-order valence-electron chi connectivity index (χ3n) is 4.43. The summed E-state index contributed by atoms with van der Waals surface area (Å²) < 4.78 is 43.4. The van der Waals surface area contributed by atoms with Crippen LogP contribution in [0.2, 0.25) is 0 Å². The molecule has 1 aliphatic rings. The van der Waals surface area contributed by atoms with Gasteiger partial charge in [0, 0.05) is 25.9 Å². The molecule has 1 saturated heterocycles. The van der Waals surface area contributed by atoms with E-state index in [9.17, 15) is 22.9 Å². The molecule has 0 aliphatic carbocycles. The van der Waals surface area contributed by atoms with Crippen LogP contribution < -0.4 is 10.2 Å². The average molecular weight is 409 g/mol. The number of rotatable bonds is 6. The topological polar surface area (TPSA) is 102 Å². The number of nitro groups is 1. The van der Waals surface area contributed by atoms with Crippen LogP contribution in [0.25, 0.3) is 0 Å². The Bertz CT molecular complexity index is 991. The zero-order chi connectivity index (χ0) is 20.3. The molecule has 2 aromatic carbocycles. The Morgan fingerprint density at radius 3 is 2.57 bits per heavy atom. The zero-order valence-electron chi connectivity index (χ0n) is 15.2. The number of hydrogen-bond donors (Lipinski definition) is 1. The first-order valence-corrected chi connectivity index (χ1v) is 10.5. The highest BCUT2D eigenvalue weighted by molar-refractivity contribution is 7.90. The lowest BCUT2D eigenvalue weighted by atomic mass is 10.1. The molecule has 28 heavy (non-hydrogen) atoms. The van der Waals surface area contributed by atoms with E-state index in [1.165, 1.54) is 24.3 Å². The molecule has 2 aromatic rings. The lowest BCUT2D eigenvalue weighted by Gasteiger charge is -2.29. The summed E-state index contributed by atoms with van der Waals surface area (Å²) in [4.78, 5) is 12.2. The summed E-state index contributed by atoms with van der Waals surface area (Å²) >= 11 is 0. The Morgan fingerprint density at radius 1 is 1.25 bits per heavy atom. The van der Waals surface area contributed by atoms with Gasteiger partial charge in [0.15, 0.2) is 9.84 Å². The van der Waals surface area contributed by atoms with Crippen LogP contribution in [0.4, 0.5) is 21.5 Å². The van der Waals surface area contributed by atoms with Crippen molar-refractivity contribution in [3.05, 3.63) is 57.9 Å². The highest BCUT2D eigenvalue weighted by atomic mass is 32.2. The van der Waals surface area contributed by atoms with Gasteiger partial charge < -0.3 is 15.0 Å². The zero-order valence-corrected chi connectivity index (χ0v) is 16.0. The maximum absolute atomic E-state index is 14.5. The summed E-state index contributed by atoms with van der Waals surface area (Å²) in [6, 6.07) is 8.80. The summed E-state index contributed by atoms with van der Waals surface area (Å²) in [6.07, 6.45) is 0.916. The van der Waals surface area contributed by atoms with E-state index in [0.717, 1.165) is 6.26 Å². The van der Waals surface area contributed by atoms with Gasteiger partial charge in [-0.3, -0.25) is 10.1 Å². The molecule has 10 heteroatoms. The van der Waals surface area contributed by atoms with Crippen LogP contribution in [-0.2, 0) is 21.1 Å². The molecule has 0 amide bonds. The van der Waals surface area contributed by atoms with Crippen molar-refractivity contribution in [2.24, 2.45) is 0 Å². The number of halogens is 1. The predicted molar refractivity (Wildman–Crippen MR) is 103 cm³/mol. The molecule has 1 aliphatic heterocycles. The van der Waals surface area contributed by atoms with Crippen LogP contribution in [0.5, 0.6) is 0 Å². The van der Waals surface area contributed by atoms with E-state index in [0.29, 0.717) is 37.6 Å². The van der Waals surface area contributed by atoms with E-state index in [2.05, 4.69) is 5.32 Å². The lowest BCUT2D eigenvalue weighted by molar-refractivity contribution is -0.386. The Kier molecular flexibility index (Phi) is 5.80. The monoisotopic (exact) mass is 409 g/mol. The molecule has 0 spiro atoms. The van der Waals surface area contributed by atoms with Crippen molar-refractivity contribution in [3.63, 3.8) is 0 Å². The molecule has 1 heterocycles. The average Bonchev–Trinajstić information content (AvgIpc) is 2.66. The number of sulfone groups is 1. The SMILES string of the molecule is CS(=O)(=O)c1cccc(NCc2ccc(N3CCOCC3)c(F)c2)c1[N+](=O)[O-]. The van der Waals surface area contributed by atoms with Crippen molar-refractivity contribution in [2.45, 2.75) is 11.4 Å². The van der Waals surface area contributed by atoms with Crippen molar-refractivity contribution in [1.29, 1.82) is 0 Å². The van der Waals surface area contributed by atoms with Gasteiger partial charge in [0.25, 0.3) is 0 Å². The second kappa shape index (κ2) is 8.11. The van der Waals surface area contributed by atoms with Crippen LogP contribution >= 0.6 is 0 Å². The van der Waals surface area contributed by atoms with Gasteiger partial charge in [-0.25, -0.2) is 12.8 Å². The normalized spacial score (nSPS) is 14.7. The smallest absolute Gasteiger partial charge is 0.310 e. The Hall–Kier alpha value is -2.72. The van der Waals surface area contributed by atoms with Gasteiger partial charge in [-0.15, -0.1) is 0 Å². The number of anilines is 2. The van der Waals surface area contributed by atoms with Crippen molar-refractivity contribution in [2.75, 3.05) is 42.8 Å². The maximum Gasteiger partial charge on any atom is 0.310 e. The molecule has 0 atom stereocenters. The minimum Gasteiger partial charge on any atom is -0.378 e. The molecule has 150 valence electrons. The Balaban J connectivity index is 1.81. The van der Waals surface area contributed by atoms with Gasteiger partial charge in [-0.1, -0.05) is 12.1 Å². The first-order valence-electron chi connectivity index (χ1n) is 8.60. The lowest BCUT2D eigenvalue weighted by Crippen LogP contribution is -2.36. The van der Waals surface area contributed by atoms with Crippen LogP contribution in [0.15, 0.2) is 41.3 Å². The fourth-order valence-corrected chi connectivity index (χ4v) is 3.93. The molecule has 0 radical (unpaired) electrons. The molecule has 1 N–H and O–H groups in total. The van der Waals surface area contributed by atoms with Gasteiger partial charge >= 0.3 is 5.69 Å². The van der Waals surface area contributed by atoms with E-state index in [4.69, 9.17) is 4.74 Å². The molecule has 0 bridgehead atoms. The van der Waals surface area contributed by atoms with Crippen molar-refractivity contribution >= 4 is 26.9 Å². The molecule has 0 unspecified atom stereocenters. The minimum absolute atomic E-state index is 0.0607. The number of nitrogens with zero attached hydrogens (tertiary/aromatic N) is 2. The quantitative estimate of drug-likeness (QED) is 0.578. The van der Waals surface area contributed by atoms with E-state index < -0.39 is 20.4 Å². The number of hydrogen-bond acceptors (Lipinski definition) is 7. The van der Waals surface area contributed by atoms with Crippen molar-refractivity contribution in [1.82, 2.24) is 0 Å². The van der Waals surface area contributed by atoms with E-state index in [1.807, 2.05) is 4.90 Å². The first kappa shape index (κ1) is 20.0. The van der Waals surface area contributed by atoms with Crippen LogP contribution in [0.3, 0.4) is 0 Å². The van der Waals surface area contributed by atoms with Gasteiger partial charge in [-0.05, 0) is 29.8 Å². The maximum atomic E-state index is 14.5. The first-order chi connectivity index (χ1) is 13.3. The molecular weight excluding hydrogens is 389 g/mol. The van der Waals surface area contributed by atoms with Crippen LogP contribution in [-0.4, -0.2) is 45.9 Å². The summed E-state index contributed by atoms with van der Waals surface area (Å²) in [7, 11) is -3.77. The van der Waals surface area contributed by atoms with E-state index in [-0.39, 0.29) is 22.9 Å². The number of para-hydroxylation sites is 1. The third-order valence-corrected chi connectivity index (χ3v) is 5.56. The molecule has 8 nitrogen and oxygen atoms in total. The van der Waals surface area contributed by atoms with Crippen LogP contribution in [0.1, 0.15) is 5.56 Å². The van der Waals surface area contributed by atoms with E-state index >= 15 is 0 Å². The number of ether oxygens (including phenoxy) is 1. The largest absolute Gasteiger partial charge is 0.378 e. The number of morpholine rings is 1.